The first-order valence-corrected chi connectivity index (χ1v) is 9.27. The van der Waals surface area contributed by atoms with Crippen molar-refractivity contribution in [2.24, 2.45) is 0 Å². The predicted molar refractivity (Wildman–Crippen MR) is 105 cm³/mol. The standard InChI is InChI=1S/C21H20F4N2O5/c1-11(31-20(30)21(2,3)32-13-6-4-12(22)5-7-13)19(29)26-10-16(28)27-15-9-8-14(23)17(24)18(15)25/h4-9,11H,10H2,1-3H3,(H,26,29)(H,27,28)/t11-/m1/s1. The molecule has 0 heterocycles. The number of anilines is 1. The van der Waals surface area contributed by atoms with Crippen LogP contribution in [-0.4, -0.2) is 36.0 Å². The lowest BCUT2D eigenvalue weighted by molar-refractivity contribution is -0.167. The minimum Gasteiger partial charge on any atom is -0.476 e. The van der Waals surface area contributed by atoms with Gasteiger partial charge in [0.1, 0.15) is 11.6 Å². The molecule has 2 rings (SSSR count). The fourth-order valence-electron chi connectivity index (χ4n) is 2.32. The van der Waals surface area contributed by atoms with Gasteiger partial charge in [-0.1, -0.05) is 0 Å². The Morgan fingerprint density at radius 3 is 2.22 bits per heavy atom. The van der Waals surface area contributed by atoms with E-state index >= 15 is 0 Å². The summed E-state index contributed by atoms with van der Waals surface area (Å²) in [4.78, 5) is 36.3. The normalized spacial score (nSPS) is 12.0. The Morgan fingerprint density at radius 1 is 0.969 bits per heavy atom. The van der Waals surface area contributed by atoms with Gasteiger partial charge in [-0.3, -0.25) is 9.59 Å². The van der Waals surface area contributed by atoms with Crippen LogP contribution in [0.1, 0.15) is 20.8 Å². The van der Waals surface area contributed by atoms with E-state index in [-0.39, 0.29) is 5.75 Å². The van der Waals surface area contributed by atoms with E-state index in [1.54, 1.807) is 0 Å². The third-order valence-electron chi connectivity index (χ3n) is 4.06. The van der Waals surface area contributed by atoms with Gasteiger partial charge in [0, 0.05) is 0 Å². The summed E-state index contributed by atoms with van der Waals surface area (Å²) in [5, 5.41) is 4.14. The van der Waals surface area contributed by atoms with E-state index in [1.165, 1.54) is 32.9 Å². The van der Waals surface area contributed by atoms with Crippen LogP contribution in [0.3, 0.4) is 0 Å². The topological polar surface area (TPSA) is 93.7 Å². The maximum absolute atomic E-state index is 13.6. The Balaban J connectivity index is 1.86. The SMILES string of the molecule is C[C@@H](OC(=O)C(C)(C)Oc1ccc(F)cc1)C(=O)NCC(=O)Nc1ccc(F)c(F)c1F. The molecular formula is C21H20F4N2O5. The van der Waals surface area contributed by atoms with E-state index in [0.29, 0.717) is 6.07 Å². The van der Waals surface area contributed by atoms with E-state index in [2.05, 4.69) is 5.32 Å². The monoisotopic (exact) mass is 456 g/mol. The molecule has 0 aliphatic carbocycles. The van der Waals surface area contributed by atoms with Crippen molar-refractivity contribution in [3.8, 4) is 5.75 Å². The maximum Gasteiger partial charge on any atom is 0.350 e. The molecule has 0 fully saturated rings. The Bertz CT molecular complexity index is 1010. The number of rotatable bonds is 8. The molecule has 2 amide bonds. The molecule has 1 atom stereocenters. The number of hydrogen-bond donors (Lipinski definition) is 2. The zero-order valence-corrected chi connectivity index (χ0v) is 17.3. The van der Waals surface area contributed by atoms with Gasteiger partial charge >= 0.3 is 5.97 Å². The summed E-state index contributed by atoms with van der Waals surface area (Å²) in [7, 11) is 0. The number of carbonyl (C=O) groups excluding carboxylic acids is 3. The molecule has 2 aromatic carbocycles. The lowest BCUT2D eigenvalue weighted by Gasteiger charge is -2.26. The second-order valence-corrected chi connectivity index (χ2v) is 7.10. The van der Waals surface area contributed by atoms with Crippen molar-refractivity contribution in [2.45, 2.75) is 32.5 Å². The van der Waals surface area contributed by atoms with Crippen LogP contribution in [0.5, 0.6) is 5.75 Å². The molecule has 0 saturated heterocycles. The number of ether oxygens (including phenoxy) is 2. The molecule has 172 valence electrons. The van der Waals surface area contributed by atoms with E-state index in [4.69, 9.17) is 9.47 Å². The molecule has 0 aliphatic rings. The van der Waals surface area contributed by atoms with Gasteiger partial charge in [-0.25, -0.2) is 22.4 Å². The molecule has 0 unspecified atom stereocenters. The highest BCUT2D eigenvalue weighted by atomic mass is 19.2. The highest BCUT2D eigenvalue weighted by Gasteiger charge is 2.34. The third-order valence-corrected chi connectivity index (χ3v) is 4.06. The summed E-state index contributed by atoms with van der Waals surface area (Å²) in [5.74, 6) is -7.73. The molecule has 0 spiro atoms. The number of nitrogens with one attached hydrogen (secondary N) is 2. The molecule has 0 saturated carbocycles. The van der Waals surface area contributed by atoms with Crippen LogP contribution in [0.15, 0.2) is 36.4 Å². The minimum absolute atomic E-state index is 0.201. The number of carbonyl (C=O) groups is 3. The van der Waals surface area contributed by atoms with Crippen molar-refractivity contribution in [1.82, 2.24) is 5.32 Å². The fourth-order valence-corrected chi connectivity index (χ4v) is 2.32. The van der Waals surface area contributed by atoms with E-state index in [9.17, 15) is 31.9 Å². The van der Waals surface area contributed by atoms with Crippen LogP contribution < -0.4 is 15.4 Å². The fraction of sp³-hybridized carbons (Fsp3) is 0.286. The summed E-state index contributed by atoms with van der Waals surface area (Å²) in [5.41, 5.74) is -2.13. The Kier molecular flexibility index (Phi) is 7.79. The summed E-state index contributed by atoms with van der Waals surface area (Å²) in [6, 6.07) is 6.36. The first kappa shape index (κ1) is 24.6. The summed E-state index contributed by atoms with van der Waals surface area (Å²) in [6.45, 7) is 3.35. The van der Waals surface area contributed by atoms with Crippen molar-refractivity contribution in [1.29, 1.82) is 0 Å². The Morgan fingerprint density at radius 2 is 1.59 bits per heavy atom. The Labute approximate surface area is 180 Å². The van der Waals surface area contributed by atoms with Crippen LogP contribution in [0.25, 0.3) is 0 Å². The van der Waals surface area contributed by atoms with Gasteiger partial charge in [-0.05, 0) is 57.2 Å². The molecular weight excluding hydrogens is 436 g/mol. The van der Waals surface area contributed by atoms with Crippen molar-refractivity contribution in [3.63, 3.8) is 0 Å². The zero-order chi connectivity index (χ0) is 24.1. The number of amides is 2. The molecule has 0 bridgehead atoms. The summed E-state index contributed by atoms with van der Waals surface area (Å²) < 4.78 is 63.2. The number of halogens is 4. The first-order valence-electron chi connectivity index (χ1n) is 9.27. The lowest BCUT2D eigenvalue weighted by atomic mass is 10.1. The van der Waals surface area contributed by atoms with Crippen LogP contribution in [-0.2, 0) is 19.1 Å². The number of esters is 1. The second-order valence-electron chi connectivity index (χ2n) is 7.10. The van der Waals surface area contributed by atoms with Gasteiger partial charge in [0.15, 0.2) is 29.2 Å². The minimum atomic E-state index is -1.75. The van der Waals surface area contributed by atoms with Crippen molar-refractivity contribution >= 4 is 23.5 Å². The summed E-state index contributed by atoms with van der Waals surface area (Å²) >= 11 is 0. The van der Waals surface area contributed by atoms with E-state index < -0.39 is 65.0 Å². The maximum atomic E-state index is 13.6. The average Bonchev–Trinajstić information content (AvgIpc) is 2.73. The van der Waals surface area contributed by atoms with Gasteiger partial charge in [0.25, 0.3) is 5.91 Å². The molecule has 2 aromatic rings. The molecule has 0 aliphatic heterocycles. The van der Waals surface area contributed by atoms with Crippen LogP contribution >= 0.6 is 0 Å². The van der Waals surface area contributed by atoms with Crippen LogP contribution in [0, 0.1) is 23.3 Å². The second kappa shape index (κ2) is 10.1. The van der Waals surface area contributed by atoms with Gasteiger partial charge in [-0.2, -0.15) is 0 Å². The van der Waals surface area contributed by atoms with Crippen LogP contribution in [0.4, 0.5) is 23.2 Å². The quantitative estimate of drug-likeness (QED) is 0.362. The smallest absolute Gasteiger partial charge is 0.350 e. The van der Waals surface area contributed by atoms with Gasteiger partial charge in [0.05, 0.1) is 12.2 Å². The van der Waals surface area contributed by atoms with Gasteiger partial charge in [-0.15, -0.1) is 0 Å². The predicted octanol–water partition coefficient (Wildman–Crippen LogP) is 3.09. The van der Waals surface area contributed by atoms with Crippen molar-refractivity contribution in [3.05, 3.63) is 59.7 Å². The highest BCUT2D eigenvalue weighted by molar-refractivity contribution is 5.95. The zero-order valence-electron chi connectivity index (χ0n) is 17.3. The molecule has 32 heavy (non-hydrogen) atoms. The van der Waals surface area contributed by atoms with Gasteiger partial charge < -0.3 is 20.1 Å². The largest absolute Gasteiger partial charge is 0.476 e. The average molecular weight is 456 g/mol. The van der Waals surface area contributed by atoms with Crippen LogP contribution in [0.2, 0.25) is 0 Å². The Hall–Kier alpha value is -3.63. The number of benzene rings is 2. The molecule has 11 heteroatoms. The molecule has 0 radical (unpaired) electrons. The van der Waals surface area contributed by atoms with E-state index in [1.807, 2.05) is 5.32 Å². The lowest BCUT2D eigenvalue weighted by Crippen LogP contribution is -2.45. The van der Waals surface area contributed by atoms with Gasteiger partial charge in [0.2, 0.25) is 5.91 Å². The molecule has 0 aromatic heterocycles. The summed E-state index contributed by atoms with van der Waals surface area (Å²) in [6.07, 6.45) is -1.33. The third kappa shape index (κ3) is 6.43. The van der Waals surface area contributed by atoms with Crippen molar-refractivity contribution in [2.75, 3.05) is 11.9 Å². The molecule has 7 nitrogen and oxygen atoms in total. The highest BCUT2D eigenvalue weighted by Crippen LogP contribution is 2.21. The molecule has 2 N–H and O–H groups in total. The van der Waals surface area contributed by atoms with Crippen molar-refractivity contribution < 1.29 is 41.4 Å². The van der Waals surface area contributed by atoms with E-state index in [0.717, 1.165) is 18.2 Å². The first-order chi connectivity index (χ1) is 14.9. The number of hydrogen-bond acceptors (Lipinski definition) is 5.